The van der Waals surface area contributed by atoms with Gasteiger partial charge < -0.3 is 4.90 Å². The van der Waals surface area contributed by atoms with Gasteiger partial charge in [0.25, 0.3) is 5.91 Å². The van der Waals surface area contributed by atoms with Crippen LogP contribution < -0.4 is 0 Å². The van der Waals surface area contributed by atoms with Crippen LogP contribution in [-0.2, 0) is 0 Å². The molecule has 94 valence electrons. The topological polar surface area (TPSA) is 69.1 Å². The molecular weight excluding hydrogens is 252 g/mol. The van der Waals surface area contributed by atoms with E-state index in [1.54, 1.807) is 23.1 Å². The highest BCUT2D eigenvalue weighted by Gasteiger charge is 2.20. The second-order valence-corrected chi connectivity index (χ2v) is 4.64. The molecule has 1 amide bonds. The van der Waals surface area contributed by atoms with Crippen LogP contribution in [0.5, 0.6) is 0 Å². The zero-order valence-corrected chi connectivity index (χ0v) is 10.6. The van der Waals surface area contributed by atoms with Crippen LogP contribution in [0, 0.1) is 0 Å². The lowest BCUT2D eigenvalue weighted by molar-refractivity contribution is 0.0725. The van der Waals surface area contributed by atoms with E-state index in [1.165, 1.54) is 0 Å². The Kier molecular flexibility index (Phi) is 4.07. The Morgan fingerprint density at radius 3 is 2.72 bits per heavy atom. The van der Waals surface area contributed by atoms with Gasteiger partial charge in [-0.3, -0.25) is 4.79 Å². The molecule has 0 saturated carbocycles. The molecule has 1 aliphatic rings. The molecule has 18 heavy (non-hydrogen) atoms. The van der Waals surface area contributed by atoms with Gasteiger partial charge in [0.2, 0.25) is 0 Å². The van der Waals surface area contributed by atoms with Crippen molar-refractivity contribution < 1.29 is 4.79 Å². The quantitative estimate of drug-likeness (QED) is 0.453. The van der Waals surface area contributed by atoms with Gasteiger partial charge in [-0.05, 0) is 36.9 Å². The van der Waals surface area contributed by atoms with E-state index in [4.69, 9.17) is 17.1 Å². The van der Waals surface area contributed by atoms with Gasteiger partial charge in [-0.25, -0.2) is 0 Å². The van der Waals surface area contributed by atoms with Crippen molar-refractivity contribution in [3.63, 3.8) is 0 Å². The Morgan fingerprint density at radius 2 is 2.06 bits per heavy atom. The minimum Gasteiger partial charge on any atom is -0.339 e. The lowest BCUT2D eigenvalue weighted by Gasteiger charge is -2.27. The van der Waals surface area contributed by atoms with E-state index >= 15 is 0 Å². The van der Waals surface area contributed by atoms with Crippen LogP contribution in [-0.4, -0.2) is 23.9 Å². The number of rotatable bonds is 2. The summed E-state index contributed by atoms with van der Waals surface area (Å²) in [6.07, 6.45) is 3.19. The van der Waals surface area contributed by atoms with Crippen molar-refractivity contribution in [2.24, 2.45) is 5.11 Å². The van der Waals surface area contributed by atoms with Crippen molar-refractivity contribution in [3.05, 3.63) is 39.2 Å². The van der Waals surface area contributed by atoms with E-state index in [0.717, 1.165) is 32.4 Å². The molecule has 1 heterocycles. The van der Waals surface area contributed by atoms with Crippen LogP contribution in [0.2, 0.25) is 5.02 Å². The number of benzene rings is 1. The Balaban J connectivity index is 2.32. The van der Waals surface area contributed by atoms with Gasteiger partial charge in [0.05, 0.1) is 11.3 Å². The number of hydrogen-bond donors (Lipinski definition) is 0. The third-order valence-electron chi connectivity index (χ3n) is 2.98. The SMILES string of the molecule is [N-]=[N+]=Nc1ccc(Cl)cc1C(=O)N1CCCCC1. The molecule has 0 bridgehead atoms. The molecule has 5 nitrogen and oxygen atoms in total. The van der Waals surface area contributed by atoms with Gasteiger partial charge in [0, 0.05) is 23.0 Å². The number of amides is 1. The van der Waals surface area contributed by atoms with E-state index in [2.05, 4.69) is 10.0 Å². The standard InChI is InChI=1S/C12H13ClN4O/c13-9-4-5-11(15-16-14)10(8-9)12(18)17-6-2-1-3-7-17/h4-5,8H,1-3,6-7H2. The molecule has 0 spiro atoms. The monoisotopic (exact) mass is 264 g/mol. The zero-order chi connectivity index (χ0) is 13.0. The summed E-state index contributed by atoms with van der Waals surface area (Å²) in [4.78, 5) is 16.8. The Bertz CT molecular complexity index is 505. The fourth-order valence-electron chi connectivity index (χ4n) is 2.08. The summed E-state index contributed by atoms with van der Waals surface area (Å²) in [6.45, 7) is 1.50. The van der Waals surface area contributed by atoms with Gasteiger partial charge in [0.15, 0.2) is 0 Å². The van der Waals surface area contributed by atoms with E-state index in [1.807, 2.05) is 0 Å². The second-order valence-electron chi connectivity index (χ2n) is 4.20. The molecule has 0 aromatic heterocycles. The molecule has 0 unspecified atom stereocenters. The number of hydrogen-bond acceptors (Lipinski definition) is 2. The molecule has 1 aliphatic heterocycles. The van der Waals surface area contributed by atoms with Crippen molar-refractivity contribution >= 4 is 23.2 Å². The maximum absolute atomic E-state index is 12.3. The predicted molar refractivity (Wildman–Crippen MR) is 70.0 cm³/mol. The molecule has 1 fully saturated rings. The fourth-order valence-corrected chi connectivity index (χ4v) is 2.25. The molecule has 0 radical (unpaired) electrons. The highest BCUT2D eigenvalue weighted by Crippen LogP contribution is 2.26. The van der Waals surface area contributed by atoms with Gasteiger partial charge >= 0.3 is 0 Å². The van der Waals surface area contributed by atoms with Gasteiger partial charge in [-0.15, -0.1) is 0 Å². The number of carbonyl (C=O) groups is 1. The van der Waals surface area contributed by atoms with Crippen molar-refractivity contribution in [1.82, 2.24) is 4.90 Å². The smallest absolute Gasteiger partial charge is 0.254 e. The first-order chi connectivity index (χ1) is 8.72. The second kappa shape index (κ2) is 5.76. The van der Waals surface area contributed by atoms with Crippen molar-refractivity contribution in [3.8, 4) is 0 Å². The molecule has 2 rings (SSSR count). The summed E-state index contributed by atoms with van der Waals surface area (Å²) in [5.41, 5.74) is 9.21. The first kappa shape index (κ1) is 12.7. The Morgan fingerprint density at radius 1 is 1.33 bits per heavy atom. The van der Waals surface area contributed by atoms with Crippen molar-refractivity contribution in [2.75, 3.05) is 13.1 Å². The largest absolute Gasteiger partial charge is 0.339 e. The van der Waals surface area contributed by atoms with Gasteiger partial charge in [0.1, 0.15) is 0 Å². The average molecular weight is 265 g/mol. The maximum atomic E-state index is 12.3. The van der Waals surface area contributed by atoms with Crippen LogP contribution in [0.4, 0.5) is 5.69 Å². The number of carbonyl (C=O) groups excluding carboxylic acids is 1. The third-order valence-corrected chi connectivity index (χ3v) is 3.22. The fraction of sp³-hybridized carbons (Fsp3) is 0.417. The molecule has 0 aliphatic carbocycles. The minimum absolute atomic E-state index is 0.111. The lowest BCUT2D eigenvalue weighted by Crippen LogP contribution is -2.35. The van der Waals surface area contributed by atoms with E-state index in [0.29, 0.717) is 16.3 Å². The lowest BCUT2D eigenvalue weighted by atomic mass is 10.1. The number of azide groups is 1. The molecule has 0 N–H and O–H groups in total. The highest BCUT2D eigenvalue weighted by molar-refractivity contribution is 6.31. The van der Waals surface area contributed by atoms with Crippen LogP contribution >= 0.6 is 11.6 Å². The van der Waals surface area contributed by atoms with E-state index in [-0.39, 0.29) is 5.91 Å². The summed E-state index contributed by atoms with van der Waals surface area (Å²) in [5, 5.41) is 4.00. The number of likely N-dealkylation sites (tertiary alicyclic amines) is 1. The first-order valence-electron chi connectivity index (χ1n) is 5.86. The molecular formula is C12H13ClN4O. The first-order valence-corrected chi connectivity index (χ1v) is 6.24. The zero-order valence-electron chi connectivity index (χ0n) is 9.84. The normalized spacial score (nSPS) is 15.1. The van der Waals surface area contributed by atoms with Gasteiger partial charge in [-0.1, -0.05) is 22.8 Å². The highest BCUT2D eigenvalue weighted by atomic mass is 35.5. The predicted octanol–water partition coefficient (Wildman–Crippen LogP) is 3.91. The van der Waals surface area contributed by atoms with Crippen LogP contribution in [0.1, 0.15) is 29.6 Å². The maximum Gasteiger partial charge on any atom is 0.254 e. The average Bonchev–Trinajstić information content (AvgIpc) is 2.41. The molecule has 1 saturated heterocycles. The van der Waals surface area contributed by atoms with E-state index in [9.17, 15) is 4.79 Å². The minimum atomic E-state index is -0.111. The molecule has 1 aromatic carbocycles. The van der Waals surface area contributed by atoms with Crippen molar-refractivity contribution in [2.45, 2.75) is 19.3 Å². The summed E-state index contributed by atoms with van der Waals surface area (Å²) in [7, 11) is 0. The summed E-state index contributed by atoms with van der Waals surface area (Å²) in [5.74, 6) is -0.111. The van der Waals surface area contributed by atoms with Crippen LogP contribution in [0.3, 0.4) is 0 Å². The van der Waals surface area contributed by atoms with Crippen LogP contribution in [0.15, 0.2) is 23.3 Å². The summed E-state index contributed by atoms with van der Waals surface area (Å²) < 4.78 is 0. The van der Waals surface area contributed by atoms with Crippen molar-refractivity contribution in [1.29, 1.82) is 0 Å². The van der Waals surface area contributed by atoms with Gasteiger partial charge in [-0.2, -0.15) is 0 Å². The number of nitrogens with zero attached hydrogens (tertiary/aromatic N) is 4. The summed E-state index contributed by atoms with van der Waals surface area (Å²) in [6, 6.07) is 4.74. The molecule has 6 heteroatoms. The third kappa shape index (κ3) is 2.75. The number of halogens is 1. The molecule has 1 aromatic rings. The Hall–Kier alpha value is -1.71. The van der Waals surface area contributed by atoms with Crippen LogP contribution in [0.25, 0.3) is 10.4 Å². The number of piperidine rings is 1. The van der Waals surface area contributed by atoms with E-state index < -0.39 is 0 Å². The molecule has 0 atom stereocenters. The summed E-state index contributed by atoms with van der Waals surface area (Å²) >= 11 is 5.89. The Labute approximate surface area is 110 Å².